The number of halogens is 2. The summed E-state index contributed by atoms with van der Waals surface area (Å²) in [5.41, 5.74) is 3.73. The summed E-state index contributed by atoms with van der Waals surface area (Å²) in [6, 6.07) is 37.5. The molecule has 0 aliphatic heterocycles. The van der Waals surface area contributed by atoms with Crippen molar-refractivity contribution in [2.24, 2.45) is 17.8 Å². The zero-order valence-corrected chi connectivity index (χ0v) is 35.1. The van der Waals surface area contributed by atoms with Crippen LogP contribution >= 0.6 is 0 Å². The molecule has 0 radical (unpaired) electrons. The zero-order valence-electron chi connectivity index (χ0n) is 35.1. The first-order valence-electron chi connectivity index (χ1n) is 20.2. The van der Waals surface area contributed by atoms with E-state index >= 15 is 0 Å². The molecule has 0 bridgehead atoms. The molecule has 0 aromatic heterocycles. The summed E-state index contributed by atoms with van der Waals surface area (Å²) in [7, 11) is 0. The van der Waals surface area contributed by atoms with Gasteiger partial charge in [0, 0.05) is 40.8 Å². The van der Waals surface area contributed by atoms with E-state index in [-0.39, 0.29) is 40.3 Å². The summed E-state index contributed by atoms with van der Waals surface area (Å²) < 4.78 is 25.5. The van der Waals surface area contributed by atoms with E-state index in [0.717, 1.165) is 17.7 Å². The quantitative estimate of drug-likeness (QED) is 0.0286. The zero-order chi connectivity index (χ0) is 45.0. The highest BCUT2D eigenvalue weighted by Crippen LogP contribution is 2.33. The van der Waals surface area contributed by atoms with Crippen LogP contribution in [0, 0.1) is 29.4 Å². The maximum Gasteiger partial charge on any atom is 0.259 e. The number of aldehydes is 1. The molecule has 2 N–H and O–H groups in total. The highest BCUT2D eigenvalue weighted by Gasteiger charge is 2.41. The number of rotatable bonds is 14. The van der Waals surface area contributed by atoms with Crippen molar-refractivity contribution in [2.75, 3.05) is 5.32 Å². The third-order valence-electron chi connectivity index (χ3n) is 9.53. The largest absolute Gasteiger partial charge is 0.326 e. The van der Waals surface area contributed by atoms with Crippen molar-refractivity contribution in [3.8, 4) is 0 Å². The molecule has 8 nitrogen and oxygen atoms in total. The molecule has 6 rings (SSSR count). The third-order valence-corrected chi connectivity index (χ3v) is 9.53. The Hall–Kier alpha value is -7.20. The van der Waals surface area contributed by atoms with Crippen LogP contribution in [-0.2, 0) is 19.2 Å². The molecule has 62 heavy (non-hydrogen) atoms. The molecule has 5 aromatic rings. The minimum absolute atomic E-state index is 0.145. The molecule has 0 saturated heterocycles. The number of amides is 2. The van der Waals surface area contributed by atoms with E-state index < -0.39 is 35.3 Å². The van der Waals surface area contributed by atoms with Gasteiger partial charge in [-0.25, -0.2) is 8.78 Å². The highest BCUT2D eigenvalue weighted by atomic mass is 19.1. The van der Waals surface area contributed by atoms with Crippen molar-refractivity contribution in [3.63, 3.8) is 0 Å². The summed E-state index contributed by atoms with van der Waals surface area (Å²) in [5, 5.41) is 5.63. The average molecular weight is 837 g/mol. The van der Waals surface area contributed by atoms with Gasteiger partial charge in [-0.15, -0.1) is 0 Å². The monoisotopic (exact) mass is 836 g/mol. The smallest absolute Gasteiger partial charge is 0.259 e. The Bertz CT molecular complexity index is 2370. The van der Waals surface area contributed by atoms with Crippen LogP contribution in [0.2, 0.25) is 0 Å². The van der Waals surface area contributed by atoms with Gasteiger partial charge in [0.05, 0.1) is 11.5 Å². The number of ketones is 3. The lowest BCUT2D eigenvalue weighted by Crippen LogP contribution is -2.40. The molecule has 1 aliphatic carbocycles. The van der Waals surface area contributed by atoms with Gasteiger partial charge in [-0.1, -0.05) is 125 Å². The second kappa shape index (κ2) is 24.2. The van der Waals surface area contributed by atoms with E-state index in [2.05, 4.69) is 16.7 Å². The first-order chi connectivity index (χ1) is 29.8. The second-order valence-electron chi connectivity index (χ2n) is 14.9. The summed E-state index contributed by atoms with van der Waals surface area (Å²) in [5.74, 6) is -5.51. The molecular weight excluding hydrogens is 787 g/mol. The number of carbonyl (C=O) groups excluding carboxylic acids is 6. The fraction of sp³-hybridized carbons (Fsp3) is 0.192. The van der Waals surface area contributed by atoms with Crippen molar-refractivity contribution in [3.05, 3.63) is 203 Å². The van der Waals surface area contributed by atoms with Gasteiger partial charge in [0.25, 0.3) is 5.91 Å². The van der Waals surface area contributed by atoms with Crippen LogP contribution in [0.25, 0.3) is 6.08 Å². The van der Waals surface area contributed by atoms with Crippen LogP contribution in [0.5, 0.6) is 0 Å². The number of carbonyl (C=O) groups is 6. The molecule has 0 spiro atoms. The number of para-hydroxylation sites is 1. The predicted molar refractivity (Wildman–Crippen MR) is 239 cm³/mol. The van der Waals surface area contributed by atoms with Crippen molar-refractivity contribution in [1.82, 2.24) is 5.32 Å². The fourth-order valence-corrected chi connectivity index (χ4v) is 6.23. The average Bonchev–Trinajstić information content (AvgIpc) is 3.29. The van der Waals surface area contributed by atoms with Gasteiger partial charge in [-0.05, 0) is 84.3 Å². The van der Waals surface area contributed by atoms with Crippen LogP contribution < -0.4 is 10.6 Å². The van der Waals surface area contributed by atoms with Gasteiger partial charge < -0.3 is 10.6 Å². The number of allylic oxidation sites excluding steroid dienone is 3. The molecule has 5 aromatic carbocycles. The van der Waals surface area contributed by atoms with Gasteiger partial charge >= 0.3 is 0 Å². The molecule has 10 heteroatoms. The van der Waals surface area contributed by atoms with Crippen LogP contribution in [0.1, 0.15) is 78.3 Å². The highest BCUT2D eigenvalue weighted by molar-refractivity contribution is 6.23. The number of Topliss-reactive ketones (excluding diaryl/α,β-unsaturated/α-hetero) is 3. The van der Waals surface area contributed by atoms with E-state index in [9.17, 15) is 37.5 Å². The molecule has 318 valence electrons. The minimum atomic E-state index is -1.24. The number of nitrogens with one attached hydrogen (secondary N) is 2. The molecular formula is C52H50F2N2O6. The predicted octanol–water partition coefficient (Wildman–Crippen LogP) is 10.6. The topological polar surface area (TPSA) is 126 Å². The van der Waals surface area contributed by atoms with E-state index in [1.54, 1.807) is 88.4 Å². The van der Waals surface area contributed by atoms with Gasteiger partial charge in [0.2, 0.25) is 5.91 Å². The molecule has 0 heterocycles. The maximum absolute atomic E-state index is 13.5. The summed E-state index contributed by atoms with van der Waals surface area (Å²) in [6.45, 7) is 7.01. The maximum atomic E-state index is 13.5. The number of hydrogen-bond donors (Lipinski definition) is 2. The summed E-state index contributed by atoms with van der Waals surface area (Å²) >= 11 is 0. The van der Waals surface area contributed by atoms with E-state index in [0.29, 0.717) is 29.5 Å². The summed E-state index contributed by atoms with van der Waals surface area (Å²) in [4.78, 5) is 74.9. The number of anilines is 1. The normalized spacial score (nSPS) is 12.9. The van der Waals surface area contributed by atoms with Gasteiger partial charge in [-0.2, -0.15) is 0 Å². The molecule has 0 fully saturated rings. The first-order valence-corrected chi connectivity index (χ1v) is 20.2. The van der Waals surface area contributed by atoms with Crippen LogP contribution in [0.15, 0.2) is 169 Å². The lowest BCUT2D eigenvalue weighted by atomic mass is 9.75. The van der Waals surface area contributed by atoms with Gasteiger partial charge in [0.15, 0.2) is 11.6 Å². The Balaban J connectivity index is 0.000000235. The van der Waals surface area contributed by atoms with Gasteiger partial charge in [-0.3, -0.25) is 28.8 Å². The van der Waals surface area contributed by atoms with Crippen LogP contribution in [0.3, 0.4) is 0 Å². The van der Waals surface area contributed by atoms with Gasteiger partial charge in [0.1, 0.15) is 29.6 Å². The van der Waals surface area contributed by atoms with Crippen molar-refractivity contribution >= 4 is 47.2 Å². The fourth-order valence-electron chi connectivity index (χ4n) is 6.23. The van der Waals surface area contributed by atoms with Crippen molar-refractivity contribution in [2.45, 2.75) is 46.5 Å². The lowest BCUT2D eigenvalue weighted by Gasteiger charge is -2.26. The van der Waals surface area contributed by atoms with E-state index in [1.807, 2.05) is 48.6 Å². The Morgan fingerprint density at radius 2 is 1.16 bits per heavy atom. The van der Waals surface area contributed by atoms with Crippen molar-refractivity contribution < 1.29 is 37.5 Å². The van der Waals surface area contributed by atoms with E-state index in [1.165, 1.54) is 48.5 Å². The molecule has 0 saturated carbocycles. The molecule has 2 amide bonds. The molecule has 2 unspecified atom stereocenters. The third kappa shape index (κ3) is 14.5. The van der Waals surface area contributed by atoms with Crippen molar-refractivity contribution in [1.29, 1.82) is 0 Å². The molecule has 1 aliphatic rings. The first kappa shape index (κ1) is 47.5. The Morgan fingerprint density at radius 1 is 0.613 bits per heavy atom. The lowest BCUT2D eigenvalue weighted by molar-refractivity contribution is -0.134. The Kier molecular flexibility index (Phi) is 18.5. The minimum Gasteiger partial charge on any atom is -0.326 e. The van der Waals surface area contributed by atoms with Crippen LogP contribution in [-0.4, -0.2) is 35.5 Å². The Morgan fingerprint density at radius 3 is 1.68 bits per heavy atom. The SMILES string of the molecule is CC(C)C(=O)/C(=C/c1ccccc1)C(=O)NC1=CCC=CC1.CC(C)C(=O)C(C(=O)Nc1ccccc1)C(C(=O)c1ccc(F)cc1)c1ccccc1.O=Cc1ccc(F)cc1. The standard InChI is InChI=1S/C26H24FNO3.C19H21NO2.C7H5FO/c1-17(2)24(29)23(26(31)28-21-11-7-4-8-12-21)22(18-9-5-3-6-10-18)25(30)19-13-15-20(27)16-14-19;1-14(2)18(21)17(13-15-9-5-3-6-10-15)19(22)20-16-11-7-4-8-12-16;8-7-3-1-6(5-9)2-4-7/h3-17,22-23H,1-2H3,(H,28,31);3-7,9-10,12-14H,8,11H2,1-2H3,(H,20,22);1-5H/b;17-13-;. The second-order valence-corrected chi connectivity index (χ2v) is 14.9. The van der Waals surface area contributed by atoms with E-state index in [4.69, 9.17) is 0 Å². The molecule has 2 atom stereocenters. The number of benzene rings is 5. The Labute approximate surface area is 361 Å². The summed E-state index contributed by atoms with van der Waals surface area (Å²) in [6.07, 6.45) is 9.88. The van der Waals surface area contributed by atoms with Crippen LogP contribution in [0.4, 0.5) is 14.5 Å². The number of hydrogen-bond acceptors (Lipinski definition) is 6.